The molecule has 2 aromatic carbocycles. The molecule has 0 saturated carbocycles. The molecular weight excluding hydrogens is 517 g/mol. The number of hydrogen-bond donors (Lipinski definition) is 1. The predicted octanol–water partition coefficient (Wildman–Crippen LogP) is 4.53. The van der Waals surface area contributed by atoms with Crippen LogP contribution in [0.25, 0.3) is 0 Å². The van der Waals surface area contributed by atoms with Crippen molar-refractivity contribution in [3.63, 3.8) is 0 Å². The third-order valence-electron chi connectivity index (χ3n) is 6.61. The van der Waals surface area contributed by atoms with E-state index >= 15 is 0 Å². The second kappa shape index (κ2) is 11.7. The number of methoxy groups -OCH3 is 1. The smallest absolute Gasteiger partial charge is 0.337 e. The number of hydrogen-bond acceptors (Lipinski definition) is 8. The van der Waals surface area contributed by atoms with Crippen LogP contribution in [0.4, 0.5) is 10.1 Å². The maximum Gasteiger partial charge on any atom is 0.337 e. The molecule has 0 radical (unpaired) electrons. The molecule has 4 rings (SSSR count). The van der Waals surface area contributed by atoms with Crippen LogP contribution < -0.4 is 5.32 Å². The summed E-state index contributed by atoms with van der Waals surface area (Å²) >= 11 is 6.38. The second-order valence-corrected chi connectivity index (χ2v) is 9.58. The van der Waals surface area contributed by atoms with Gasteiger partial charge in [0.05, 0.1) is 29.1 Å². The summed E-state index contributed by atoms with van der Waals surface area (Å²) in [5, 5.41) is 14.2. The summed E-state index contributed by atoms with van der Waals surface area (Å²) in [5.74, 6) is -2.78. The molecule has 1 fully saturated rings. The number of nitro groups is 1. The molecule has 0 aliphatic carbocycles. The van der Waals surface area contributed by atoms with Crippen LogP contribution in [0.5, 0.6) is 0 Å². The average molecular weight is 544 g/mol. The molecule has 0 bridgehead atoms. The third kappa shape index (κ3) is 6.03. The van der Waals surface area contributed by atoms with Crippen molar-refractivity contribution in [1.82, 2.24) is 10.2 Å². The average Bonchev–Trinajstić information content (AvgIpc) is 2.89. The van der Waals surface area contributed by atoms with Gasteiger partial charge in [0.2, 0.25) is 0 Å². The zero-order valence-electron chi connectivity index (χ0n) is 20.9. The van der Waals surface area contributed by atoms with E-state index in [0.717, 1.165) is 18.5 Å². The van der Waals surface area contributed by atoms with E-state index in [1.807, 2.05) is 0 Å². The Labute approximate surface area is 224 Å². The number of nitrogens with zero attached hydrogens (tertiary/aromatic N) is 2. The molecule has 2 aromatic rings. The highest BCUT2D eigenvalue weighted by molar-refractivity contribution is 6.32. The van der Waals surface area contributed by atoms with E-state index in [2.05, 4.69) is 10.2 Å². The Balaban J connectivity index is 1.60. The molecule has 2 heterocycles. The first-order chi connectivity index (χ1) is 18.2. The number of non-ortho nitro benzene ring substituents is 1. The maximum atomic E-state index is 13.6. The number of benzene rings is 2. The van der Waals surface area contributed by atoms with Crippen LogP contribution >= 0.6 is 11.6 Å². The molecular formula is C27H27ClFN3O6. The fourth-order valence-electron chi connectivity index (χ4n) is 4.84. The molecule has 0 amide bonds. The largest absolute Gasteiger partial charge is 0.466 e. The summed E-state index contributed by atoms with van der Waals surface area (Å²) in [4.78, 5) is 39.4. The van der Waals surface area contributed by atoms with E-state index in [0.29, 0.717) is 30.8 Å². The molecule has 2 unspecified atom stereocenters. The lowest BCUT2D eigenvalue weighted by atomic mass is 9.81. The van der Waals surface area contributed by atoms with Gasteiger partial charge in [-0.1, -0.05) is 35.9 Å². The van der Waals surface area contributed by atoms with Crippen molar-refractivity contribution < 1.29 is 28.4 Å². The van der Waals surface area contributed by atoms with E-state index < -0.39 is 28.9 Å². The molecule has 0 aromatic heterocycles. The van der Waals surface area contributed by atoms with Crippen LogP contribution in [0.2, 0.25) is 0 Å². The number of halogens is 2. The number of ether oxygens (including phenoxy) is 2. The van der Waals surface area contributed by atoms with Gasteiger partial charge in [0.1, 0.15) is 17.1 Å². The molecule has 38 heavy (non-hydrogen) atoms. The lowest BCUT2D eigenvalue weighted by Crippen LogP contribution is -2.41. The summed E-state index contributed by atoms with van der Waals surface area (Å²) in [6.45, 7) is 3.48. The number of rotatable bonds is 7. The Kier molecular flexibility index (Phi) is 8.43. The summed E-state index contributed by atoms with van der Waals surface area (Å²) in [6.07, 6.45) is 1.02. The SMILES string of the molecule is COC(=O)C1=C(Cl)NC(C)=C(C(=O)OC2CCCN(Cc3ccc(F)cc3)C2)C1c1cccc([N+](=O)[O-])c1. The molecule has 200 valence electrons. The summed E-state index contributed by atoms with van der Waals surface area (Å²) in [5.41, 5.74) is 1.51. The number of nitrogens with one attached hydrogen (secondary N) is 1. The fraction of sp³-hybridized carbons (Fsp3) is 0.333. The Morgan fingerprint density at radius 2 is 1.92 bits per heavy atom. The van der Waals surface area contributed by atoms with Crippen molar-refractivity contribution in [3.8, 4) is 0 Å². The van der Waals surface area contributed by atoms with Gasteiger partial charge in [-0.3, -0.25) is 15.0 Å². The minimum absolute atomic E-state index is 0.0365. The second-order valence-electron chi connectivity index (χ2n) is 9.20. The van der Waals surface area contributed by atoms with Gasteiger partial charge in [-0.2, -0.15) is 0 Å². The quantitative estimate of drug-likeness (QED) is 0.235. The van der Waals surface area contributed by atoms with E-state index in [1.54, 1.807) is 25.1 Å². The minimum atomic E-state index is -1.04. The lowest BCUT2D eigenvalue weighted by molar-refractivity contribution is -0.384. The van der Waals surface area contributed by atoms with E-state index in [1.165, 1.54) is 37.4 Å². The molecule has 2 aliphatic heterocycles. The van der Waals surface area contributed by atoms with E-state index in [4.69, 9.17) is 21.1 Å². The van der Waals surface area contributed by atoms with Gasteiger partial charge in [0.25, 0.3) is 5.69 Å². The van der Waals surface area contributed by atoms with Crippen LogP contribution in [-0.2, 0) is 25.6 Å². The minimum Gasteiger partial charge on any atom is -0.466 e. The highest BCUT2D eigenvalue weighted by Crippen LogP contribution is 2.41. The molecule has 9 nitrogen and oxygen atoms in total. The molecule has 0 spiro atoms. The van der Waals surface area contributed by atoms with E-state index in [-0.39, 0.29) is 27.8 Å². The van der Waals surface area contributed by atoms with Crippen molar-refractivity contribution in [2.75, 3.05) is 20.2 Å². The number of carbonyl (C=O) groups excluding carboxylic acids is 2. The van der Waals surface area contributed by atoms with Gasteiger partial charge in [-0.25, -0.2) is 14.0 Å². The Hall–Kier alpha value is -3.76. The van der Waals surface area contributed by atoms with Gasteiger partial charge in [0, 0.05) is 30.9 Å². The van der Waals surface area contributed by atoms with Gasteiger partial charge in [-0.15, -0.1) is 0 Å². The lowest BCUT2D eigenvalue weighted by Gasteiger charge is -2.34. The molecule has 2 atom stereocenters. The highest BCUT2D eigenvalue weighted by atomic mass is 35.5. The number of dihydropyridines is 1. The Morgan fingerprint density at radius 1 is 1.18 bits per heavy atom. The predicted molar refractivity (Wildman–Crippen MR) is 137 cm³/mol. The first kappa shape index (κ1) is 27.3. The Morgan fingerprint density at radius 3 is 2.61 bits per heavy atom. The van der Waals surface area contributed by atoms with E-state index in [9.17, 15) is 24.1 Å². The summed E-state index contributed by atoms with van der Waals surface area (Å²) in [6, 6.07) is 11.9. The number of allylic oxidation sites excluding steroid dienone is 1. The van der Waals surface area contributed by atoms with Gasteiger partial charge >= 0.3 is 11.9 Å². The number of esters is 2. The van der Waals surface area contributed by atoms with Gasteiger partial charge in [0.15, 0.2) is 0 Å². The molecule has 1 saturated heterocycles. The van der Waals surface area contributed by atoms with Crippen molar-refractivity contribution in [2.45, 2.75) is 38.3 Å². The molecule has 2 aliphatic rings. The van der Waals surface area contributed by atoms with Crippen LogP contribution in [0.15, 0.2) is 70.5 Å². The number of piperidine rings is 1. The number of carbonyl (C=O) groups is 2. The zero-order valence-corrected chi connectivity index (χ0v) is 21.7. The van der Waals surface area contributed by atoms with Crippen molar-refractivity contribution in [3.05, 3.63) is 97.6 Å². The van der Waals surface area contributed by atoms with Crippen molar-refractivity contribution >= 4 is 29.2 Å². The summed E-state index contributed by atoms with van der Waals surface area (Å²) < 4.78 is 24.1. The topological polar surface area (TPSA) is 111 Å². The van der Waals surface area contributed by atoms with Crippen LogP contribution in [-0.4, -0.2) is 48.1 Å². The first-order valence-corrected chi connectivity index (χ1v) is 12.4. The fourth-order valence-corrected chi connectivity index (χ4v) is 5.17. The highest BCUT2D eigenvalue weighted by Gasteiger charge is 2.40. The van der Waals surface area contributed by atoms with Crippen LogP contribution in [0.1, 0.15) is 36.8 Å². The first-order valence-electron chi connectivity index (χ1n) is 12.1. The number of nitro benzene ring substituents is 1. The third-order valence-corrected chi connectivity index (χ3v) is 6.91. The van der Waals surface area contributed by atoms with Crippen molar-refractivity contribution in [2.24, 2.45) is 0 Å². The maximum absolute atomic E-state index is 13.6. The van der Waals surface area contributed by atoms with Crippen LogP contribution in [0.3, 0.4) is 0 Å². The normalized spacial score (nSPS) is 20.1. The van der Waals surface area contributed by atoms with Gasteiger partial charge in [-0.05, 0) is 49.6 Å². The number of likely N-dealkylation sites (tertiary alicyclic amines) is 1. The van der Waals surface area contributed by atoms with Gasteiger partial charge < -0.3 is 14.8 Å². The zero-order chi connectivity index (χ0) is 27.4. The van der Waals surface area contributed by atoms with Crippen molar-refractivity contribution in [1.29, 1.82) is 0 Å². The van der Waals surface area contributed by atoms with Crippen LogP contribution in [0, 0.1) is 15.9 Å². The Bertz CT molecular complexity index is 1310. The standard InChI is InChI=1S/C27H27ClFN3O6/c1-16-22(27(34)38-21-7-4-12-31(15-21)14-17-8-10-19(29)11-9-17)23(24(25(28)30-16)26(33)37-2)18-5-3-6-20(13-18)32(35)36/h3,5-6,8-11,13,21,23,30H,4,7,12,14-15H2,1-2H3. The molecule has 1 N–H and O–H groups in total. The molecule has 11 heteroatoms. The monoisotopic (exact) mass is 543 g/mol. The summed E-state index contributed by atoms with van der Waals surface area (Å²) in [7, 11) is 1.19.